The number of nitrogens with one attached hydrogen (secondary N) is 1. The Morgan fingerprint density at radius 1 is 1.56 bits per heavy atom. The molecule has 0 radical (unpaired) electrons. The van der Waals surface area contributed by atoms with Crippen LogP contribution < -0.4 is 5.32 Å². The molecule has 0 saturated heterocycles. The normalized spacial score (nSPS) is 13.0. The Balaban J connectivity index is 2.44. The van der Waals surface area contributed by atoms with E-state index in [0.717, 1.165) is 19.5 Å². The van der Waals surface area contributed by atoms with Gasteiger partial charge < -0.3 is 5.32 Å². The molecule has 0 aliphatic heterocycles. The van der Waals surface area contributed by atoms with Crippen LogP contribution in [0, 0.1) is 0 Å². The van der Waals surface area contributed by atoms with Crippen molar-refractivity contribution >= 4 is 38.9 Å². The predicted octanol–water partition coefficient (Wildman–Crippen LogP) is 2.60. The average molecular weight is 322 g/mol. The Morgan fingerprint density at radius 2 is 2.31 bits per heavy atom. The van der Waals surface area contributed by atoms with Gasteiger partial charge in [0.15, 0.2) is 4.60 Å². The third kappa shape index (κ3) is 2.15. The van der Waals surface area contributed by atoms with Crippen molar-refractivity contribution < 1.29 is 0 Å². The fourth-order valence-corrected chi connectivity index (χ4v) is 3.27. The SMILES string of the molecule is CNC(c1ccc(Cl)s1)c1c(Br)nnn1C. The second-order valence-electron chi connectivity index (χ2n) is 3.25. The van der Waals surface area contributed by atoms with Crippen molar-refractivity contribution in [3.63, 3.8) is 0 Å². The third-order valence-corrected chi connectivity index (χ3v) is 4.13. The highest BCUT2D eigenvalue weighted by Crippen LogP contribution is 2.32. The lowest BCUT2D eigenvalue weighted by Gasteiger charge is -2.14. The van der Waals surface area contributed by atoms with Crippen molar-refractivity contribution in [3.05, 3.63) is 31.6 Å². The Morgan fingerprint density at radius 3 is 2.75 bits per heavy atom. The van der Waals surface area contributed by atoms with Gasteiger partial charge in [-0.25, -0.2) is 4.68 Å². The summed E-state index contributed by atoms with van der Waals surface area (Å²) in [6, 6.07) is 3.95. The number of aromatic nitrogens is 3. The number of thiophene rings is 1. The van der Waals surface area contributed by atoms with E-state index >= 15 is 0 Å². The minimum atomic E-state index is 0.0480. The number of rotatable bonds is 3. The molecule has 0 aromatic carbocycles. The molecule has 4 nitrogen and oxygen atoms in total. The van der Waals surface area contributed by atoms with Crippen LogP contribution in [-0.2, 0) is 7.05 Å². The van der Waals surface area contributed by atoms with Gasteiger partial charge in [-0.15, -0.1) is 16.4 Å². The van der Waals surface area contributed by atoms with Gasteiger partial charge in [0.05, 0.1) is 16.1 Å². The molecule has 2 aromatic heterocycles. The Labute approximate surface area is 111 Å². The van der Waals surface area contributed by atoms with E-state index in [1.54, 1.807) is 16.0 Å². The molecule has 2 aromatic rings. The molecular weight excluding hydrogens is 312 g/mol. The predicted molar refractivity (Wildman–Crippen MR) is 68.9 cm³/mol. The lowest BCUT2D eigenvalue weighted by atomic mass is 10.2. The maximum absolute atomic E-state index is 5.94. The van der Waals surface area contributed by atoms with Crippen molar-refractivity contribution in [2.45, 2.75) is 6.04 Å². The minimum Gasteiger partial charge on any atom is -0.307 e. The van der Waals surface area contributed by atoms with E-state index in [9.17, 15) is 0 Å². The summed E-state index contributed by atoms with van der Waals surface area (Å²) in [5.41, 5.74) is 0.987. The van der Waals surface area contributed by atoms with Crippen molar-refractivity contribution in [2.24, 2.45) is 7.05 Å². The molecule has 0 amide bonds. The fourth-order valence-electron chi connectivity index (χ4n) is 1.54. The van der Waals surface area contributed by atoms with Crippen molar-refractivity contribution in [3.8, 4) is 0 Å². The highest BCUT2D eigenvalue weighted by Gasteiger charge is 2.21. The van der Waals surface area contributed by atoms with Crippen LogP contribution in [0.4, 0.5) is 0 Å². The Kier molecular flexibility index (Phi) is 3.63. The summed E-state index contributed by atoms with van der Waals surface area (Å²) in [4.78, 5) is 1.14. The van der Waals surface area contributed by atoms with Gasteiger partial charge >= 0.3 is 0 Å². The van der Waals surface area contributed by atoms with Crippen LogP contribution in [0.5, 0.6) is 0 Å². The van der Waals surface area contributed by atoms with Gasteiger partial charge in [0, 0.05) is 11.9 Å². The number of aryl methyl sites for hydroxylation is 1. The lowest BCUT2D eigenvalue weighted by molar-refractivity contribution is 0.603. The van der Waals surface area contributed by atoms with E-state index in [1.807, 2.05) is 26.2 Å². The summed E-state index contributed by atoms with van der Waals surface area (Å²) in [6.45, 7) is 0. The van der Waals surface area contributed by atoms with E-state index in [2.05, 4.69) is 31.6 Å². The first-order chi connectivity index (χ1) is 7.63. The minimum absolute atomic E-state index is 0.0480. The quantitative estimate of drug-likeness (QED) is 0.945. The maximum atomic E-state index is 5.94. The van der Waals surface area contributed by atoms with Crippen LogP contribution in [0.3, 0.4) is 0 Å². The van der Waals surface area contributed by atoms with Crippen LogP contribution in [-0.4, -0.2) is 22.0 Å². The second-order valence-corrected chi connectivity index (χ2v) is 5.75. The van der Waals surface area contributed by atoms with Crippen molar-refractivity contribution in [1.82, 2.24) is 20.3 Å². The molecule has 0 aliphatic rings. The van der Waals surface area contributed by atoms with Crippen LogP contribution >= 0.6 is 38.9 Å². The number of nitrogens with zero attached hydrogens (tertiary/aromatic N) is 3. The summed E-state index contributed by atoms with van der Waals surface area (Å²) in [5, 5.41) is 11.2. The summed E-state index contributed by atoms with van der Waals surface area (Å²) >= 11 is 10.9. The molecule has 0 fully saturated rings. The van der Waals surface area contributed by atoms with E-state index in [-0.39, 0.29) is 6.04 Å². The van der Waals surface area contributed by atoms with E-state index in [0.29, 0.717) is 0 Å². The monoisotopic (exact) mass is 320 g/mol. The first-order valence-corrected chi connectivity index (χ1v) is 6.59. The van der Waals surface area contributed by atoms with Crippen molar-refractivity contribution in [1.29, 1.82) is 0 Å². The Hall–Kier alpha value is -0.430. The molecule has 86 valence electrons. The second kappa shape index (κ2) is 4.83. The molecule has 0 spiro atoms. The molecule has 0 saturated carbocycles. The lowest BCUT2D eigenvalue weighted by Crippen LogP contribution is -2.20. The molecule has 1 unspecified atom stereocenters. The van der Waals surface area contributed by atoms with Crippen LogP contribution in [0.15, 0.2) is 16.7 Å². The summed E-state index contributed by atoms with van der Waals surface area (Å²) < 4.78 is 3.28. The standard InChI is InChI=1S/C9H10BrClN4S/c1-12-7(5-3-4-6(11)16-5)8-9(10)13-14-15(8)2/h3-4,7,12H,1-2H3. The topological polar surface area (TPSA) is 42.7 Å². The Bertz CT molecular complexity index is 476. The highest BCUT2D eigenvalue weighted by atomic mass is 79.9. The first kappa shape index (κ1) is 12.0. The van der Waals surface area contributed by atoms with Gasteiger partial charge in [-0.05, 0) is 35.1 Å². The third-order valence-electron chi connectivity index (χ3n) is 2.27. The zero-order valence-corrected chi connectivity index (χ0v) is 11.9. The smallest absolute Gasteiger partial charge is 0.153 e. The molecule has 7 heteroatoms. The van der Waals surface area contributed by atoms with Gasteiger partial charge in [0.1, 0.15) is 0 Å². The largest absolute Gasteiger partial charge is 0.307 e. The first-order valence-electron chi connectivity index (χ1n) is 4.61. The number of halogens is 2. The van der Waals surface area contributed by atoms with E-state index in [4.69, 9.17) is 11.6 Å². The molecule has 0 aliphatic carbocycles. The maximum Gasteiger partial charge on any atom is 0.153 e. The van der Waals surface area contributed by atoms with Crippen LogP contribution in [0.2, 0.25) is 4.34 Å². The van der Waals surface area contributed by atoms with Gasteiger partial charge in [-0.3, -0.25) is 0 Å². The number of hydrogen-bond acceptors (Lipinski definition) is 4. The summed E-state index contributed by atoms with van der Waals surface area (Å²) in [7, 11) is 3.77. The van der Waals surface area contributed by atoms with Crippen LogP contribution in [0.25, 0.3) is 0 Å². The van der Waals surface area contributed by atoms with Crippen LogP contribution in [0.1, 0.15) is 16.6 Å². The average Bonchev–Trinajstić information content (AvgIpc) is 2.80. The van der Waals surface area contributed by atoms with E-state index < -0.39 is 0 Å². The molecule has 0 bridgehead atoms. The number of hydrogen-bond donors (Lipinski definition) is 1. The molecule has 2 rings (SSSR count). The molecule has 1 N–H and O–H groups in total. The van der Waals surface area contributed by atoms with Gasteiger partial charge in [0.2, 0.25) is 0 Å². The van der Waals surface area contributed by atoms with Gasteiger partial charge in [0.25, 0.3) is 0 Å². The fraction of sp³-hybridized carbons (Fsp3) is 0.333. The molecule has 2 heterocycles. The summed E-state index contributed by atoms with van der Waals surface area (Å²) in [6.07, 6.45) is 0. The highest BCUT2D eigenvalue weighted by molar-refractivity contribution is 9.10. The van der Waals surface area contributed by atoms with Crippen molar-refractivity contribution in [2.75, 3.05) is 7.05 Å². The van der Waals surface area contributed by atoms with Gasteiger partial charge in [-0.2, -0.15) is 0 Å². The molecular formula is C9H10BrClN4S. The molecule has 1 atom stereocenters. The molecule has 16 heavy (non-hydrogen) atoms. The van der Waals surface area contributed by atoms with E-state index in [1.165, 1.54) is 0 Å². The van der Waals surface area contributed by atoms with Gasteiger partial charge in [-0.1, -0.05) is 16.8 Å². The summed E-state index contributed by atoms with van der Waals surface area (Å²) in [5.74, 6) is 0. The zero-order valence-electron chi connectivity index (χ0n) is 8.74. The zero-order chi connectivity index (χ0) is 11.7.